The highest BCUT2D eigenvalue weighted by molar-refractivity contribution is 7.91. The minimum absolute atomic E-state index is 0.0363. The molecule has 2 aromatic carbocycles. The summed E-state index contributed by atoms with van der Waals surface area (Å²) in [4.78, 5) is 12.8. The number of benzene rings is 2. The monoisotopic (exact) mass is 490 g/mol. The lowest BCUT2D eigenvalue weighted by atomic mass is 10.0. The molecule has 1 aromatic heterocycles. The van der Waals surface area contributed by atoms with Gasteiger partial charge < -0.3 is 10.1 Å². The molecule has 0 aliphatic carbocycles. The maximum Gasteiger partial charge on any atom is 0.262 e. The van der Waals surface area contributed by atoms with Crippen LogP contribution in [0.2, 0.25) is 0 Å². The number of rotatable bonds is 7. The first-order valence-corrected chi connectivity index (χ1v) is 13.1. The van der Waals surface area contributed by atoms with Crippen LogP contribution in [0.25, 0.3) is 23.0 Å². The second kappa shape index (κ2) is 10.2. The summed E-state index contributed by atoms with van der Waals surface area (Å²) in [5.74, 6) is 0.0718. The van der Waals surface area contributed by atoms with Gasteiger partial charge in [0.15, 0.2) is 9.84 Å². The van der Waals surface area contributed by atoms with E-state index in [-0.39, 0.29) is 17.1 Å². The third-order valence-electron chi connectivity index (χ3n) is 5.76. The summed E-state index contributed by atoms with van der Waals surface area (Å²) in [7, 11) is -3.16. The van der Waals surface area contributed by atoms with E-state index in [0.717, 1.165) is 22.6 Å². The summed E-state index contributed by atoms with van der Waals surface area (Å²) in [6, 6.07) is 16.7. The number of amides is 1. The second-order valence-electron chi connectivity index (χ2n) is 8.37. The van der Waals surface area contributed by atoms with E-state index in [1.807, 2.05) is 68.4 Å². The van der Waals surface area contributed by atoms with E-state index in [1.165, 1.54) is 6.08 Å². The molecule has 8 nitrogen and oxygen atoms in total. The molecule has 1 saturated heterocycles. The van der Waals surface area contributed by atoms with Crippen LogP contribution in [-0.4, -0.2) is 48.3 Å². The molecule has 3 aromatic rings. The van der Waals surface area contributed by atoms with Gasteiger partial charge in [-0.1, -0.05) is 18.2 Å². The average molecular weight is 491 g/mol. The molecule has 2 heterocycles. The molecule has 1 N–H and O–H groups in total. The van der Waals surface area contributed by atoms with Gasteiger partial charge in [0.25, 0.3) is 5.91 Å². The Morgan fingerprint density at radius 3 is 2.69 bits per heavy atom. The summed E-state index contributed by atoms with van der Waals surface area (Å²) in [5, 5.41) is 17.2. The second-order valence-corrected chi connectivity index (χ2v) is 10.6. The molecule has 1 fully saturated rings. The zero-order valence-electron chi connectivity index (χ0n) is 19.6. The Bertz CT molecular complexity index is 1420. The van der Waals surface area contributed by atoms with Gasteiger partial charge in [0.05, 0.1) is 23.8 Å². The van der Waals surface area contributed by atoms with Gasteiger partial charge in [0.2, 0.25) is 0 Å². The lowest BCUT2D eigenvalue weighted by Gasteiger charge is -2.10. The summed E-state index contributed by atoms with van der Waals surface area (Å²) in [5.41, 5.74) is 3.69. The molecular weight excluding hydrogens is 464 g/mol. The van der Waals surface area contributed by atoms with Crippen molar-refractivity contribution in [2.24, 2.45) is 0 Å². The van der Waals surface area contributed by atoms with E-state index in [0.29, 0.717) is 24.3 Å². The number of carbonyl (C=O) groups is 1. The lowest BCUT2D eigenvalue weighted by molar-refractivity contribution is -0.117. The van der Waals surface area contributed by atoms with Gasteiger partial charge in [-0.15, -0.1) is 0 Å². The van der Waals surface area contributed by atoms with Crippen LogP contribution in [0.4, 0.5) is 0 Å². The molecule has 1 atom stereocenters. The third-order valence-corrected chi connectivity index (χ3v) is 7.53. The number of nitrogens with zero attached hydrogens (tertiary/aromatic N) is 3. The Labute approximate surface area is 204 Å². The van der Waals surface area contributed by atoms with Crippen molar-refractivity contribution in [3.8, 4) is 28.8 Å². The first-order chi connectivity index (χ1) is 16.8. The molecule has 0 saturated carbocycles. The van der Waals surface area contributed by atoms with E-state index in [1.54, 1.807) is 10.9 Å². The van der Waals surface area contributed by atoms with Gasteiger partial charge in [0.1, 0.15) is 23.1 Å². The molecule has 1 amide bonds. The van der Waals surface area contributed by atoms with Crippen LogP contribution in [0.1, 0.15) is 24.5 Å². The van der Waals surface area contributed by atoms with Gasteiger partial charge in [-0.05, 0) is 62.2 Å². The molecule has 0 spiro atoms. The third kappa shape index (κ3) is 5.61. The van der Waals surface area contributed by atoms with Crippen LogP contribution in [0.3, 0.4) is 0 Å². The standard InChI is InChI=1S/C26H26N4O4S/c1-3-34-23-9-10-24(18(2)13-23)25-20(16-30(29-25)22-7-5-4-6-8-22)14-19(15-27)26(31)28-21-11-12-35(32,33)17-21/h4-10,13-14,16,21H,3,11-12,17H2,1-2H3,(H,28,31)/b19-14-/t21-/m0/s1. The van der Waals surface area contributed by atoms with Crippen molar-refractivity contribution < 1.29 is 17.9 Å². The number of aryl methyl sites for hydroxylation is 1. The van der Waals surface area contributed by atoms with Crippen LogP contribution >= 0.6 is 0 Å². The van der Waals surface area contributed by atoms with Gasteiger partial charge in [-0.25, -0.2) is 13.1 Å². The van der Waals surface area contributed by atoms with Crippen molar-refractivity contribution >= 4 is 21.8 Å². The van der Waals surface area contributed by atoms with Gasteiger partial charge in [0, 0.05) is 23.4 Å². The van der Waals surface area contributed by atoms with Crippen molar-refractivity contribution in [1.82, 2.24) is 15.1 Å². The zero-order valence-corrected chi connectivity index (χ0v) is 20.4. The number of hydrogen-bond donors (Lipinski definition) is 1. The summed E-state index contributed by atoms with van der Waals surface area (Å²) < 4.78 is 30.8. The molecule has 0 bridgehead atoms. The van der Waals surface area contributed by atoms with E-state index in [2.05, 4.69) is 5.32 Å². The largest absolute Gasteiger partial charge is 0.494 e. The fraction of sp³-hybridized carbons (Fsp3) is 0.269. The number of ether oxygens (including phenoxy) is 1. The zero-order chi connectivity index (χ0) is 25.0. The number of nitriles is 1. The number of aromatic nitrogens is 2. The molecule has 180 valence electrons. The Balaban J connectivity index is 1.74. The van der Waals surface area contributed by atoms with Crippen molar-refractivity contribution in [2.75, 3.05) is 18.1 Å². The maximum absolute atomic E-state index is 12.8. The lowest BCUT2D eigenvalue weighted by Crippen LogP contribution is -2.36. The minimum Gasteiger partial charge on any atom is -0.494 e. The average Bonchev–Trinajstić information content (AvgIpc) is 3.40. The minimum atomic E-state index is -3.16. The number of carbonyl (C=O) groups excluding carboxylic acids is 1. The first kappa shape index (κ1) is 24.2. The van der Waals surface area contributed by atoms with Crippen LogP contribution in [0.15, 0.2) is 60.3 Å². The molecule has 35 heavy (non-hydrogen) atoms. The molecule has 0 radical (unpaired) electrons. The fourth-order valence-corrected chi connectivity index (χ4v) is 5.72. The SMILES string of the molecule is CCOc1ccc(-c2nn(-c3ccccc3)cc2/C=C(/C#N)C(=O)N[C@H]2CCS(=O)(=O)C2)c(C)c1. The van der Waals surface area contributed by atoms with Crippen molar-refractivity contribution in [3.63, 3.8) is 0 Å². The summed E-state index contributed by atoms with van der Waals surface area (Å²) in [6.45, 7) is 4.42. The molecule has 9 heteroatoms. The van der Waals surface area contributed by atoms with Crippen LogP contribution in [-0.2, 0) is 14.6 Å². The topological polar surface area (TPSA) is 114 Å². The molecule has 0 unspecified atom stereocenters. The Hall–Kier alpha value is -3.90. The van der Waals surface area contributed by atoms with E-state index >= 15 is 0 Å². The van der Waals surface area contributed by atoms with Gasteiger partial charge in [-0.3, -0.25) is 4.79 Å². The number of hydrogen-bond acceptors (Lipinski definition) is 6. The van der Waals surface area contributed by atoms with Crippen molar-refractivity contribution in [2.45, 2.75) is 26.3 Å². The van der Waals surface area contributed by atoms with Gasteiger partial charge >= 0.3 is 0 Å². The molecule has 1 aliphatic rings. The number of sulfone groups is 1. The predicted octanol–water partition coefficient (Wildman–Crippen LogP) is 3.46. The highest BCUT2D eigenvalue weighted by Gasteiger charge is 2.29. The number of nitrogens with one attached hydrogen (secondary N) is 1. The van der Waals surface area contributed by atoms with E-state index < -0.39 is 21.8 Å². The summed E-state index contributed by atoms with van der Waals surface area (Å²) >= 11 is 0. The van der Waals surface area contributed by atoms with Crippen LogP contribution in [0, 0.1) is 18.3 Å². The normalized spacial score (nSPS) is 17.1. The van der Waals surface area contributed by atoms with Gasteiger partial charge in [-0.2, -0.15) is 10.4 Å². The molecular formula is C26H26N4O4S. The highest BCUT2D eigenvalue weighted by Crippen LogP contribution is 2.31. The van der Waals surface area contributed by atoms with Crippen LogP contribution < -0.4 is 10.1 Å². The quantitative estimate of drug-likeness (QED) is 0.401. The Kier molecular flexibility index (Phi) is 7.03. The van der Waals surface area contributed by atoms with Crippen LogP contribution in [0.5, 0.6) is 5.75 Å². The van der Waals surface area contributed by atoms with Crippen molar-refractivity contribution in [1.29, 1.82) is 5.26 Å². The number of para-hydroxylation sites is 1. The predicted molar refractivity (Wildman–Crippen MR) is 134 cm³/mol. The molecule has 1 aliphatic heterocycles. The summed E-state index contributed by atoms with van der Waals surface area (Å²) in [6.07, 6.45) is 3.61. The van der Waals surface area contributed by atoms with E-state index in [9.17, 15) is 18.5 Å². The Morgan fingerprint density at radius 2 is 2.06 bits per heavy atom. The van der Waals surface area contributed by atoms with Crippen molar-refractivity contribution in [3.05, 3.63) is 71.4 Å². The molecule has 4 rings (SSSR count). The van der Waals surface area contributed by atoms with E-state index in [4.69, 9.17) is 9.84 Å². The smallest absolute Gasteiger partial charge is 0.262 e. The maximum atomic E-state index is 12.8. The fourth-order valence-electron chi connectivity index (χ4n) is 4.05. The first-order valence-electron chi connectivity index (χ1n) is 11.3. The Morgan fingerprint density at radius 1 is 1.29 bits per heavy atom. The highest BCUT2D eigenvalue weighted by atomic mass is 32.2.